The van der Waals surface area contributed by atoms with Crippen LogP contribution in [-0.2, 0) is 6.54 Å². The van der Waals surface area contributed by atoms with Gasteiger partial charge in [0.05, 0.1) is 5.52 Å². The van der Waals surface area contributed by atoms with Crippen LogP contribution >= 0.6 is 0 Å². The van der Waals surface area contributed by atoms with E-state index in [0.29, 0.717) is 49.5 Å². The lowest BCUT2D eigenvalue weighted by Crippen LogP contribution is -2.53. The molecule has 1 fully saturated rings. The van der Waals surface area contributed by atoms with Gasteiger partial charge in [-0.3, -0.25) is 14.8 Å². The van der Waals surface area contributed by atoms with E-state index < -0.39 is 5.76 Å². The van der Waals surface area contributed by atoms with Crippen LogP contribution in [0.15, 0.2) is 51.8 Å². The Bertz CT molecular complexity index is 1050. The van der Waals surface area contributed by atoms with E-state index >= 15 is 0 Å². The van der Waals surface area contributed by atoms with Crippen molar-refractivity contribution in [2.24, 2.45) is 0 Å². The average molecular weight is 381 g/mol. The van der Waals surface area contributed by atoms with Crippen LogP contribution in [0.1, 0.15) is 16.1 Å². The molecule has 4 rings (SSSR count). The quantitative estimate of drug-likeness (QED) is 0.708. The summed E-state index contributed by atoms with van der Waals surface area (Å²) in [5.74, 6) is -0.628. The fraction of sp³-hybridized carbons (Fsp3) is 0.263. The van der Waals surface area contributed by atoms with E-state index in [4.69, 9.17) is 4.42 Å². The maximum atomic E-state index is 12.4. The SMILES string of the molecule is O=C(NCc1ccc2[nH]c(=O)oc2c1)N1CCN(C(=O)c2ccccn2)CC1. The maximum Gasteiger partial charge on any atom is 0.417 e. The van der Waals surface area contributed by atoms with Crippen molar-refractivity contribution in [2.75, 3.05) is 26.2 Å². The highest BCUT2D eigenvalue weighted by Crippen LogP contribution is 2.12. The molecule has 0 atom stereocenters. The van der Waals surface area contributed by atoms with Gasteiger partial charge in [0.2, 0.25) is 0 Å². The van der Waals surface area contributed by atoms with Gasteiger partial charge in [-0.05, 0) is 29.8 Å². The molecule has 1 saturated heterocycles. The first-order valence-electron chi connectivity index (χ1n) is 8.95. The number of hydrogen-bond donors (Lipinski definition) is 2. The predicted molar refractivity (Wildman–Crippen MR) is 101 cm³/mol. The number of benzene rings is 1. The summed E-state index contributed by atoms with van der Waals surface area (Å²) in [4.78, 5) is 46.1. The van der Waals surface area contributed by atoms with E-state index in [1.165, 1.54) is 0 Å². The Morgan fingerprint density at radius 2 is 1.89 bits per heavy atom. The summed E-state index contributed by atoms with van der Waals surface area (Å²) in [7, 11) is 0. The third-order valence-corrected chi connectivity index (χ3v) is 4.67. The Labute approximate surface area is 160 Å². The van der Waals surface area contributed by atoms with Gasteiger partial charge in [0, 0.05) is 38.9 Å². The monoisotopic (exact) mass is 381 g/mol. The summed E-state index contributed by atoms with van der Waals surface area (Å²) in [5, 5.41) is 2.86. The minimum absolute atomic E-state index is 0.123. The molecule has 144 valence electrons. The number of aromatic nitrogens is 2. The highest BCUT2D eigenvalue weighted by molar-refractivity contribution is 5.92. The van der Waals surface area contributed by atoms with E-state index in [1.54, 1.807) is 46.3 Å². The molecule has 1 aliphatic rings. The number of rotatable bonds is 3. The van der Waals surface area contributed by atoms with Gasteiger partial charge in [0.15, 0.2) is 5.58 Å². The lowest BCUT2D eigenvalue weighted by Gasteiger charge is -2.34. The van der Waals surface area contributed by atoms with E-state index in [9.17, 15) is 14.4 Å². The number of H-pyrrole nitrogens is 1. The molecule has 2 aromatic heterocycles. The van der Waals surface area contributed by atoms with E-state index in [-0.39, 0.29) is 11.9 Å². The number of nitrogens with zero attached hydrogens (tertiary/aromatic N) is 3. The molecule has 1 aliphatic heterocycles. The minimum Gasteiger partial charge on any atom is -0.408 e. The Balaban J connectivity index is 1.30. The normalized spacial score (nSPS) is 14.3. The fourth-order valence-corrected chi connectivity index (χ4v) is 3.15. The summed E-state index contributed by atoms with van der Waals surface area (Å²) in [6.07, 6.45) is 1.59. The molecule has 0 saturated carbocycles. The first kappa shape index (κ1) is 17.8. The summed E-state index contributed by atoms with van der Waals surface area (Å²) >= 11 is 0. The Hall–Kier alpha value is -3.62. The molecule has 2 N–H and O–H groups in total. The topological polar surface area (TPSA) is 112 Å². The van der Waals surface area contributed by atoms with Crippen LogP contribution in [-0.4, -0.2) is 57.9 Å². The van der Waals surface area contributed by atoms with Gasteiger partial charge in [-0.15, -0.1) is 0 Å². The van der Waals surface area contributed by atoms with Crippen LogP contribution in [0.3, 0.4) is 0 Å². The van der Waals surface area contributed by atoms with Crippen molar-refractivity contribution in [3.8, 4) is 0 Å². The Kier molecular flexibility index (Phi) is 4.79. The molecule has 3 amide bonds. The van der Waals surface area contributed by atoms with Gasteiger partial charge < -0.3 is 19.5 Å². The molecule has 9 nitrogen and oxygen atoms in total. The number of carbonyl (C=O) groups excluding carboxylic acids is 2. The Morgan fingerprint density at radius 1 is 1.11 bits per heavy atom. The molecule has 1 aromatic carbocycles. The number of fused-ring (bicyclic) bond motifs is 1. The van der Waals surface area contributed by atoms with Gasteiger partial charge in [-0.25, -0.2) is 9.59 Å². The third kappa shape index (κ3) is 3.73. The number of pyridine rings is 1. The molecule has 3 aromatic rings. The summed E-state index contributed by atoms with van der Waals surface area (Å²) in [6, 6.07) is 10.3. The van der Waals surface area contributed by atoms with Crippen LogP contribution in [0.2, 0.25) is 0 Å². The standard InChI is InChI=1S/C19H19N5O4/c25-17(15-3-1-2-6-20-15)23-7-9-24(10-8-23)18(26)21-12-13-4-5-14-16(11-13)28-19(27)22-14/h1-6,11H,7-10,12H2,(H,21,26)(H,22,27). The van der Waals surface area contributed by atoms with Gasteiger partial charge >= 0.3 is 11.8 Å². The zero-order chi connectivity index (χ0) is 19.5. The highest BCUT2D eigenvalue weighted by Gasteiger charge is 2.25. The molecule has 0 aliphatic carbocycles. The number of aromatic amines is 1. The van der Waals surface area contributed by atoms with Gasteiger partial charge in [0.25, 0.3) is 5.91 Å². The smallest absolute Gasteiger partial charge is 0.408 e. The second kappa shape index (κ2) is 7.55. The average Bonchev–Trinajstić information content (AvgIpc) is 3.11. The van der Waals surface area contributed by atoms with Crippen molar-refractivity contribution in [3.05, 3.63) is 64.4 Å². The van der Waals surface area contributed by atoms with Gasteiger partial charge in [-0.2, -0.15) is 0 Å². The molecule has 3 heterocycles. The third-order valence-electron chi connectivity index (χ3n) is 4.67. The van der Waals surface area contributed by atoms with Crippen molar-refractivity contribution >= 4 is 23.0 Å². The largest absolute Gasteiger partial charge is 0.417 e. The first-order valence-corrected chi connectivity index (χ1v) is 8.95. The van der Waals surface area contributed by atoms with Crippen LogP contribution < -0.4 is 11.1 Å². The van der Waals surface area contributed by atoms with Crippen LogP contribution in [0, 0.1) is 0 Å². The lowest BCUT2D eigenvalue weighted by molar-refractivity contribution is 0.0659. The molecular weight excluding hydrogens is 362 g/mol. The molecule has 28 heavy (non-hydrogen) atoms. The summed E-state index contributed by atoms with van der Waals surface area (Å²) in [5.41, 5.74) is 2.31. The zero-order valence-corrected chi connectivity index (χ0v) is 15.1. The summed E-state index contributed by atoms with van der Waals surface area (Å²) < 4.78 is 5.03. The molecule has 0 spiro atoms. The van der Waals surface area contributed by atoms with Crippen molar-refractivity contribution in [1.82, 2.24) is 25.1 Å². The molecule has 9 heteroatoms. The van der Waals surface area contributed by atoms with E-state index in [1.807, 2.05) is 6.07 Å². The van der Waals surface area contributed by atoms with Crippen molar-refractivity contribution in [2.45, 2.75) is 6.54 Å². The van der Waals surface area contributed by atoms with Crippen LogP contribution in [0.25, 0.3) is 11.1 Å². The number of urea groups is 1. The maximum absolute atomic E-state index is 12.4. The fourth-order valence-electron chi connectivity index (χ4n) is 3.15. The number of hydrogen-bond acceptors (Lipinski definition) is 5. The van der Waals surface area contributed by atoms with E-state index in [0.717, 1.165) is 5.56 Å². The number of piperazine rings is 1. The van der Waals surface area contributed by atoms with Crippen LogP contribution in [0.5, 0.6) is 0 Å². The molecule has 0 bridgehead atoms. The van der Waals surface area contributed by atoms with Crippen LogP contribution in [0.4, 0.5) is 4.79 Å². The lowest BCUT2D eigenvalue weighted by atomic mass is 10.2. The van der Waals surface area contributed by atoms with Crippen molar-refractivity contribution in [3.63, 3.8) is 0 Å². The van der Waals surface area contributed by atoms with Gasteiger partial charge in [0.1, 0.15) is 5.69 Å². The number of amides is 3. The predicted octanol–water partition coefficient (Wildman–Crippen LogP) is 1.18. The minimum atomic E-state index is -0.505. The zero-order valence-electron chi connectivity index (χ0n) is 15.1. The second-order valence-corrected chi connectivity index (χ2v) is 6.50. The molecule has 0 unspecified atom stereocenters. The number of carbonyl (C=O) groups is 2. The first-order chi connectivity index (χ1) is 13.6. The van der Waals surface area contributed by atoms with E-state index in [2.05, 4.69) is 15.3 Å². The van der Waals surface area contributed by atoms with Gasteiger partial charge in [-0.1, -0.05) is 12.1 Å². The molecular formula is C19H19N5O4. The number of nitrogens with one attached hydrogen (secondary N) is 2. The summed E-state index contributed by atoms with van der Waals surface area (Å²) in [6.45, 7) is 2.15. The highest BCUT2D eigenvalue weighted by atomic mass is 16.4. The Morgan fingerprint density at radius 3 is 2.64 bits per heavy atom. The second-order valence-electron chi connectivity index (χ2n) is 6.50. The molecule has 0 radical (unpaired) electrons. The number of oxazole rings is 1. The van der Waals surface area contributed by atoms with Crippen molar-refractivity contribution < 1.29 is 14.0 Å². The van der Waals surface area contributed by atoms with Crippen molar-refractivity contribution in [1.29, 1.82) is 0 Å².